The van der Waals surface area contributed by atoms with Gasteiger partial charge in [-0.05, 0) is 18.6 Å². The van der Waals surface area contributed by atoms with Gasteiger partial charge >= 0.3 is 6.98 Å². The normalized spacial score (nSPS) is 12.4. The van der Waals surface area contributed by atoms with Gasteiger partial charge in [0.25, 0.3) is 0 Å². The maximum absolute atomic E-state index is 12.5. The minimum Gasteiger partial charge on any atom is -0.493 e. The Morgan fingerprint density at radius 1 is 1.21 bits per heavy atom. The first-order chi connectivity index (χ1) is 8.74. The van der Waals surface area contributed by atoms with Gasteiger partial charge in [-0.2, -0.15) is 0 Å². The van der Waals surface area contributed by atoms with E-state index in [2.05, 4.69) is 0 Å². The van der Waals surface area contributed by atoms with Crippen LogP contribution in [0.15, 0.2) is 24.3 Å². The fourth-order valence-corrected chi connectivity index (χ4v) is 2.67. The zero-order valence-corrected chi connectivity index (χ0v) is 11.3. The summed E-state index contributed by atoms with van der Waals surface area (Å²) in [5, 5.41) is 0. The van der Waals surface area contributed by atoms with E-state index in [9.17, 15) is 21.4 Å². The van der Waals surface area contributed by atoms with Crippen LogP contribution in [0.4, 0.5) is 12.9 Å². The highest BCUT2D eigenvalue weighted by molar-refractivity contribution is 7.91. The van der Waals surface area contributed by atoms with Crippen molar-refractivity contribution in [3.05, 3.63) is 24.3 Å². The molecule has 8 heteroatoms. The standard InChI is InChI=1S/C11H15BF3O3S/c1-2-7-19(16,17)8-6-18-11-5-3-4-10(9-11)12(13,14)15/h3-5,9H,2,6-8H2,1H3/q-1. The van der Waals surface area contributed by atoms with Crippen molar-refractivity contribution in [1.29, 1.82) is 0 Å². The Kier molecular flexibility index (Phi) is 5.28. The molecule has 0 spiro atoms. The Bertz CT molecular complexity index is 514. The Morgan fingerprint density at radius 2 is 1.89 bits per heavy atom. The monoisotopic (exact) mass is 295 g/mol. The highest BCUT2D eigenvalue weighted by Gasteiger charge is 2.25. The first-order valence-corrected chi connectivity index (χ1v) is 7.70. The quantitative estimate of drug-likeness (QED) is 0.722. The summed E-state index contributed by atoms with van der Waals surface area (Å²) < 4.78 is 65.3. The molecule has 108 valence electrons. The van der Waals surface area contributed by atoms with Gasteiger partial charge in [-0.25, -0.2) is 8.42 Å². The van der Waals surface area contributed by atoms with Crippen molar-refractivity contribution < 1.29 is 26.1 Å². The number of rotatable bonds is 7. The van der Waals surface area contributed by atoms with Crippen LogP contribution in [0.1, 0.15) is 13.3 Å². The van der Waals surface area contributed by atoms with Crippen molar-refractivity contribution in [2.45, 2.75) is 13.3 Å². The third kappa shape index (κ3) is 5.54. The second kappa shape index (κ2) is 6.32. The molecule has 1 aromatic rings. The summed E-state index contributed by atoms with van der Waals surface area (Å²) in [4.78, 5) is 0. The van der Waals surface area contributed by atoms with E-state index in [4.69, 9.17) is 4.74 Å². The van der Waals surface area contributed by atoms with Gasteiger partial charge in [0, 0.05) is 0 Å². The van der Waals surface area contributed by atoms with Gasteiger partial charge in [0.15, 0.2) is 9.84 Å². The van der Waals surface area contributed by atoms with Crippen LogP contribution < -0.4 is 10.2 Å². The highest BCUT2D eigenvalue weighted by Crippen LogP contribution is 2.14. The van der Waals surface area contributed by atoms with Crippen molar-refractivity contribution in [3.8, 4) is 5.75 Å². The zero-order valence-electron chi connectivity index (χ0n) is 10.5. The smallest absolute Gasteiger partial charge is 0.493 e. The van der Waals surface area contributed by atoms with E-state index in [0.717, 1.165) is 12.1 Å². The van der Waals surface area contributed by atoms with Crippen molar-refractivity contribution in [1.82, 2.24) is 0 Å². The average molecular weight is 295 g/mol. The van der Waals surface area contributed by atoms with Crippen molar-refractivity contribution in [2.75, 3.05) is 18.1 Å². The van der Waals surface area contributed by atoms with E-state index >= 15 is 0 Å². The molecule has 0 saturated heterocycles. The molecule has 0 N–H and O–H groups in total. The Labute approximate surface area is 110 Å². The molecule has 0 aliphatic carbocycles. The van der Waals surface area contributed by atoms with Crippen LogP contribution in [0, 0.1) is 0 Å². The van der Waals surface area contributed by atoms with Gasteiger partial charge in [0.2, 0.25) is 0 Å². The molecular weight excluding hydrogens is 280 g/mol. The molecule has 0 aliphatic heterocycles. The summed E-state index contributed by atoms with van der Waals surface area (Å²) in [5.74, 6) is -0.104. The number of hydrogen-bond donors (Lipinski definition) is 0. The van der Waals surface area contributed by atoms with Gasteiger partial charge in [-0.1, -0.05) is 19.1 Å². The Morgan fingerprint density at radius 3 is 2.47 bits per heavy atom. The summed E-state index contributed by atoms with van der Waals surface area (Å²) >= 11 is 0. The predicted molar refractivity (Wildman–Crippen MR) is 69.6 cm³/mol. The van der Waals surface area contributed by atoms with Crippen LogP contribution in [-0.2, 0) is 9.84 Å². The molecule has 0 fully saturated rings. The number of hydrogen-bond acceptors (Lipinski definition) is 3. The van der Waals surface area contributed by atoms with E-state index in [0.29, 0.717) is 6.42 Å². The van der Waals surface area contributed by atoms with E-state index in [1.54, 1.807) is 6.92 Å². The molecule has 0 heterocycles. The SMILES string of the molecule is CCCS(=O)(=O)CCOc1cccc([B-](F)(F)F)c1. The maximum atomic E-state index is 12.5. The lowest BCUT2D eigenvalue weighted by Crippen LogP contribution is -2.33. The number of sulfone groups is 1. The Balaban J connectivity index is 2.60. The van der Waals surface area contributed by atoms with Crippen molar-refractivity contribution in [3.63, 3.8) is 0 Å². The molecule has 19 heavy (non-hydrogen) atoms. The van der Waals surface area contributed by atoms with Crippen LogP contribution in [0.3, 0.4) is 0 Å². The van der Waals surface area contributed by atoms with E-state index in [1.165, 1.54) is 12.1 Å². The van der Waals surface area contributed by atoms with Crippen molar-refractivity contribution >= 4 is 22.3 Å². The lowest BCUT2D eigenvalue weighted by molar-refractivity contribution is 0.341. The number of benzene rings is 1. The second-order valence-electron chi connectivity index (χ2n) is 4.15. The minimum atomic E-state index is -5.07. The van der Waals surface area contributed by atoms with Crippen molar-refractivity contribution in [2.24, 2.45) is 0 Å². The molecule has 0 aliphatic rings. The largest absolute Gasteiger partial charge is 0.509 e. The summed E-state index contributed by atoms with van der Waals surface area (Å²) in [5.41, 5.74) is -0.756. The molecule has 0 amide bonds. The lowest BCUT2D eigenvalue weighted by Gasteiger charge is -2.16. The van der Waals surface area contributed by atoms with Crippen LogP contribution >= 0.6 is 0 Å². The average Bonchev–Trinajstić information content (AvgIpc) is 2.28. The molecule has 0 unspecified atom stereocenters. The molecule has 0 aromatic heterocycles. The first-order valence-electron chi connectivity index (χ1n) is 5.88. The highest BCUT2D eigenvalue weighted by atomic mass is 32.2. The second-order valence-corrected chi connectivity index (χ2v) is 6.45. The molecule has 0 bridgehead atoms. The number of halogens is 3. The van der Waals surface area contributed by atoms with E-state index in [1.807, 2.05) is 0 Å². The third-order valence-corrected chi connectivity index (χ3v) is 4.23. The van der Waals surface area contributed by atoms with Gasteiger partial charge in [-0.3, -0.25) is 0 Å². The topological polar surface area (TPSA) is 43.4 Å². The molecule has 0 radical (unpaired) electrons. The van der Waals surface area contributed by atoms with E-state index < -0.39 is 22.3 Å². The molecule has 3 nitrogen and oxygen atoms in total. The zero-order chi connectivity index (χ0) is 14.5. The summed E-state index contributed by atoms with van der Waals surface area (Å²) in [6.07, 6.45) is 0.508. The summed E-state index contributed by atoms with van der Waals surface area (Å²) in [6, 6.07) is 4.45. The maximum Gasteiger partial charge on any atom is 0.509 e. The lowest BCUT2D eigenvalue weighted by atomic mass is 9.80. The fraction of sp³-hybridized carbons (Fsp3) is 0.455. The number of ether oxygens (including phenoxy) is 1. The first kappa shape index (κ1) is 15.9. The Hall–Kier alpha value is -1.18. The van der Waals surface area contributed by atoms with Crippen LogP contribution in [0.5, 0.6) is 5.75 Å². The molecular formula is C11H15BF3O3S-. The van der Waals surface area contributed by atoms with E-state index in [-0.39, 0.29) is 23.9 Å². The molecule has 0 saturated carbocycles. The van der Waals surface area contributed by atoms with Gasteiger partial charge in [0.1, 0.15) is 12.4 Å². The summed E-state index contributed by atoms with van der Waals surface area (Å²) in [7, 11) is -3.18. The molecule has 0 atom stereocenters. The fourth-order valence-electron chi connectivity index (χ4n) is 1.51. The van der Waals surface area contributed by atoms with Crippen LogP contribution in [0.2, 0.25) is 0 Å². The van der Waals surface area contributed by atoms with Crippen LogP contribution in [0.25, 0.3) is 0 Å². The predicted octanol–water partition coefficient (Wildman–Crippen LogP) is 1.94. The van der Waals surface area contributed by atoms with Crippen LogP contribution in [-0.4, -0.2) is 33.5 Å². The van der Waals surface area contributed by atoms with Gasteiger partial charge < -0.3 is 17.7 Å². The minimum absolute atomic E-state index is 0.0309. The molecule has 1 rings (SSSR count). The van der Waals surface area contributed by atoms with Gasteiger partial charge in [0.05, 0.1) is 11.5 Å². The third-order valence-electron chi connectivity index (χ3n) is 2.41. The summed E-state index contributed by atoms with van der Waals surface area (Å²) in [6.45, 7) is -3.47. The molecule has 1 aromatic carbocycles. The van der Waals surface area contributed by atoms with Gasteiger partial charge in [-0.15, -0.1) is 5.46 Å².